The molecule has 0 aromatic carbocycles. The van der Waals surface area contributed by atoms with Crippen LogP contribution in [0, 0.1) is 0 Å². The van der Waals surface area contributed by atoms with Crippen LogP contribution in [0.15, 0.2) is 60.8 Å². The molecule has 0 saturated heterocycles. The summed E-state index contributed by atoms with van der Waals surface area (Å²) < 4.78 is 26.9. The maximum atomic E-state index is 12.1. The van der Waals surface area contributed by atoms with Crippen molar-refractivity contribution in [3.05, 3.63) is 60.8 Å². The highest BCUT2D eigenvalue weighted by Gasteiger charge is 2.23. The molecule has 0 heterocycles. The van der Waals surface area contributed by atoms with Gasteiger partial charge in [0.05, 0.1) is 13.2 Å². The van der Waals surface area contributed by atoms with Gasteiger partial charge in [0.2, 0.25) is 5.91 Å². The minimum atomic E-state index is -4.43. The van der Waals surface area contributed by atoms with Crippen molar-refractivity contribution in [2.45, 2.75) is 206 Å². The number of aliphatic hydroxyl groups excluding tert-OH is 1. The van der Waals surface area contributed by atoms with Crippen LogP contribution in [0.25, 0.3) is 0 Å². The fourth-order valence-electron chi connectivity index (χ4n) is 6.24. The normalized spacial score (nSPS) is 13.8. The number of carbonyl (C=O) groups excluding carboxylic acids is 2. The summed E-state index contributed by atoms with van der Waals surface area (Å²) in [5.41, 5.74) is 0. The molecule has 10 heteroatoms. The van der Waals surface area contributed by atoms with Gasteiger partial charge in [-0.25, -0.2) is 4.57 Å². The molecule has 0 saturated carbocycles. The zero-order chi connectivity index (χ0) is 42.5. The summed E-state index contributed by atoms with van der Waals surface area (Å²) in [6.45, 7) is 3.39. The maximum absolute atomic E-state index is 12.1. The molecule has 3 N–H and O–H groups in total. The van der Waals surface area contributed by atoms with Gasteiger partial charge in [0.15, 0.2) is 0 Å². The Labute approximate surface area is 355 Å². The molecule has 0 aliphatic rings. The van der Waals surface area contributed by atoms with Crippen molar-refractivity contribution < 1.29 is 37.9 Å². The highest BCUT2D eigenvalue weighted by atomic mass is 31.2. The molecule has 58 heavy (non-hydrogen) atoms. The van der Waals surface area contributed by atoms with Crippen LogP contribution in [0.3, 0.4) is 0 Å². The van der Waals surface area contributed by atoms with Crippen LogP contribution in [-0.2, 0) is 27.9 Å². The van der Waals surface area contributed by atoms with E-state index >= 15 is 0 Å². The van der Waals surface area contributed by atoms with Gasteiger partial charge >= 0.3 is 13.8 Å². The van der Waals surface area contributed by atoms with Crippen molar-refractivity contribution in [1.29, 1.82) is 0 Å². The number of phosphoric acid groups is 1. The van der Waals surface area contributed by atoms with Gasteiger partial charge in [-0.05, 0) is 51.4 Å². The molecule has 9 nitrogen and oxygen atoms in total. The molecule has 0 aromatic rings. The summed E-state index contributed by atoms with van der Waals surface area (Å²) in [5.74, 6) is -0.573. The van der Waals surface area contributed by atoms with E-state index in [9.17, 15) is 24.2 Å². The molecule has 2 atom stereocenters. The number of phosphoric ester groups is 1. The molecule has 0 bridgehead atoms. The van der Waals surface area contributed by atoms with Crippen LogP contribution >= 0.6 is 7.82 Å². The second-order valence-electron chi connectivity index (χ2n) is 15.4. The lowest BCUT2D eigenvalue weighted by Gasteiger charge is -2.15. The maximum Gasteiger partial charge on any atom is 0.472 e. The van der Waals surface area contributed by atoms with E-state index in [0.717, 1.165) is 57.8 Å². The molecule has 0 aromatic heterocycles. The Bertz CT molecular complexity index is 1130. The third-order valence-electron chi connectivity index (χ3n) is 9.71. The first-order chi connectivity index (χ1) is 28.3. The van der Waals surface area contributed by atoms with Crippen LogP contribution in [0.1, 0.15) is 200 Å². The van der Waals surface area contributed by atoms with Gasteiger partial charge in [-0.3, -0.25) is 18.6 Å². The van der Waals surface area contributed by atoms with E-state index in [1.165, 1.54) is 109 Å². The average Bonchev–Trinajstić information content (AvgIpc) is 3.21. The second kappa shape index (κ2) is 44.3. The topological polar surface area (TPSA) is 131 Å². The van der Waals surface area contributed by atoms with Gasteiger partial charge < -0.3 is 20.1 Å². The van der Waals surface area contributed by atoms with Gasteiger partial charge in [-0.1, -0.05) is 197 Å². The lowest BCUT2D eigenvalue weighted by atomic mass is 10.0. The number of hydrogen-bond acceptors (Lipinski definition) is 7. The number of esters is 1. The third kappa shape index (κ3) is 44.8. The highest BCUT2D eigenvalue weighted by Crippen LogP contribution is 2.42. The van der Waals surface area contributed by atoms with Crippen LogP contribution in [-0.4, -0.2) is 54.3 Å². The number of unbranched alkanes of at least 4 members (excludes halogenated alkanes) is 20. The van der Waals surface area contributed by atoms with Gasteiger partial charge in [-0.15, -0.1) is 0 Å². The number of carbonyl (C=O) groups is 2. The Morgan fingerprint density at radius 1 is 0.552 bits per heavy atom. The van der Waals surface area contributed by atoms with Crippen LogP contribution < -0.4 is 5.32 Å². The number of aliphatic hydroxyl groups is 1. The average molecular weight is 836 g/mol. The van der Waals surface area contributed by atoms with E-state index < -0.39 is 26.5 Å². The highest BCUT2D eigenvalue weighted by molar-refractivity contribution is 7.47. The van der Waals surface area contributed by atoms with Gasteiger partial charge in [0.25, 0.3) is 0 Å². The Kier molecular flexibility index (Phi) is 42.5. The summed E-state index contributed by atoms with van der Waals surface area (Å²) in [4.78, 5) is 33.9. The summed E-state index contributed by atoms with van der Waals surface area (Å²) >= 11 is 0. The summed E-state index contributed by atoms with van der Waals surface area (Å²) in [7, 11) is -4.43. The molecule has 0 aliphatic carbocycles. The van der Waals surface area contributed by atoms with Gasteiger partial charge in [0.1, 0.15) is 12.7 Å². The zero-order valence-electron chi connectivity index (χ0n) is 37.0. The molecule has 0 radical (unpaired) electrons. The predicted octanol–water partition coefficient (Wildman–Crippen LogP) is 13.3. The lowest BCUT2D eigenvalue weighted by molar-refractivity contribution is -0.147. The van der Waals surface area contributed by atoms with Gasteiger partial charge in [0, 0.05) is 19.4 Å². The van der Waals surface area contributed by atoms with Crippen molar-refractivity contribution in [1.82, 2.24) is 5.32 Å². The SMILES string of the molecule is CC/C=C\C/C=C\C/C=C\C/C=C\C/C=C\CCCC(=O)OCC(O)COP(=O)(O)OCCNC(=O)CCCCCCCCCCCCCCCCCCCCCC. The van der Waals surface area contributed by atoms with Crippen molar-refractivity contribution >= 4 is 19.7 Å². The number of hydrogen-bond donors (Lipinski definition) is 3. The summed E-state index contributed by atoms with van der Waals surface area (Å²) in [6.07, 6.45) is 53.1. The number of ether oxygens (including phenoxy) is 1. The monoisotopic (exact) mass is 836 g/mol. The number of nitrogens with one attached hydrogen (secondary N) is 1. The standard InChI is InChI=1S/C48H86NO8P/c1-3-5-7-9-11-13-15-17-19-21-22-23-25-26-28-30-32-34-36-38-40-47(51)49-42-43-56-58(53,54)57-45-46(50)44-55-48(52)41-39-37-35-33-31-29-27-24-20-18-16-14-12-10-8-6-4-2/h6,8,12,14,18,20,27,29,33,35,46,50H,3-5,7,9-11,13,15-17,19,21-26,28,30-32,34,36-45H2,1-2H3,(H,49,51)(H,53,54)/b8-6-,14-12-,20-18-,29-27-,35-33-. The Hall–Kier alpha value is -2.29. The van der Waals surface area contributed by atoms with E-state index in [4.69, 9.17) is 13.8 Å². The summed E-state index contributed by atoms with van der Waals surface area (Å²) in [6, 6.07) is 0. The van der Waals surface area contributed by atoms with Crippen molar-refractivity contribution in [2.24, 2.45) is 0 Å². The Morgan fingerprint density at radius 2 is 0.983 bits per heavy atom. The van der Waals surface area contributed by atoms with Crippen molar-refractivity contribution in [2.75, 3.05) is 26.4 Å². The zero-order valence-corrected chi connectivity index (χ0v) is 37.9. The fraction of sp³-hybridized carbons (Fsp3) is 0.750. The van der Waals surface area contributed by atoms with Gasteiger partial charge in [-0.2, -0.15) is 0 Å². The third-order valence-corrected chi connectivity index (χ3v) is 10.7. The molecular weight excluding hydrogens is 750 g/mol. The molecule has 0 spiro atoms. The summed E-state index contributed by atoms with van der Waals surface area (Å²) in [5, 5.41) is 12.7. The molecule has 0 rings (SSSR count). The fourth-order valence-corrected chi connectivity index (χ4v) is 7.00. The second-order valence-corrected chi connectivity index (χ2v) is 16.8. The molecular formula is C48H86NO8P. The van der Waals surface area contributed by atoms with Crippen LogP contribution in [0.2, 0.25) is 0 Å². The minimum absolute atomic E-state index is 0.0751. The largest absolute Gasteiger partial charge is 0.472 e. The molecule has 0 aliphatic heterocycles. The quantitative estimate of drug-likeness (QED) is 0.0239. The molecule has 336 valence electrons. The Morgan fingerprint density at radius 3 is 1.45 bits per heavy atom. The first-order valence-electron chi connectivity index (χ1n) is 23.3. The predicted molar refractivity (Wildman–Crippen MR) is 243 cm³/mol. The molecule has 2 unspecified atom stereocenters. The van der Waals surface area contributed by atoms with Crippen molar-refractivity contribution in [3.63, 3.8) is 0 Å². The number of amides is 1. The lowest BCUT2D eigenvalue weighted by Crippen LogP contribution is -2.27. The number of rotatable bonds is 43. The van der Waals surface area contributed by atoms with Crippen molar-refractivity contribution in [3.8, 4) is 0 Å². The smallest absolute Gasteiger partial charge is 0.463 e. The van der Waals surface area contributed by atoms with Crippen LogP contribution in [0.4, 0.5) is 0 Å². The first kappa shape index (κ1) is 55.7. The number of allylic oxidation sites excluding steroid dienone is 10. The minimum Gasteiger partial charge on any atom is -0.463 e. The van der Waals surface area contributed by atoms with Crippen LogP contribution in [0.5, 0.6) is 0 Å². The van der Waals surface area contributed by atoms with E-state index in [1.807, 2.05) is 6.08 Å². The Balaban J connectivity index is 3.63. The first-order valence-corrected chi connectivity index (χ1v) is 24.8. The van der Waals surface area contributed by atoms with E-state index in [-0.39, 0.29) is 32.1 Å². The van der Waals surface area contributed by atoms with E-state index in [0.29, 0.717) is 12.8 Å². The van der Waals surface area contributed by atoms with E-state index in [2.05, 4.69) is 73.8 Å². The molecule has 0 fully saturated rings. The van der Waals surface area contributed by atoms with E-state index in [1.54, 1.807) is 0 Å². The molecule has 1 amide bonds.